The fraction of sp³-hybridized carbons (Fsp3) is 0. The third kappa shape index (κ3) is 1.88. The number of fused-ring (bicyclic) bond motifs is 1. The van der Waals surface area contributed by atoms with Crippen molar-refractivity contribution in [1.29, 1.82) is 0 Å². The third-order valence-electron chi connectivity index (χ3n) is 2.97. The molecule has 1 aromatic heterocycles. The highest BCUT2D eigenvalue weighted by molar-refractivity contribution is 6.34. The SMILES string of the molecule is O=c1[nH]c2c(Cl)cccc2c(=O)n1-c1cccc(O)c1. The Labute approximate surface area is 117 Å². The van der Waals surface area contributed by atoms with E-state index in [-0.39, 0.29) is 11.4 Å². The topological polar surface area (TPSA) is 75.1 Å². The summed E-state index contributed by atoms with van der Waals surface area (Å²) >= 11 is 5.97. The predicted molar refractivity (Wildman–Crippen MR) is 76.8 cm³/mol. The number of nitrogens with zero attached hydrogens (tertiary/aromatic N) is 1. The molecule has 0 aliphatic rings. The molecular weight excluding hydrogens is 280 g/mol. The third-order valence-corrected chi connectivity index (χ3v) is 3.29. The van der Waals surface area contributed by atoms with Crippen molar-refractivity contribution in [3.05, 3.63) is 68.3 Å². The first kappa shape index (κ1) is 12.5. The lowest BCUT2D eigenvalue weighted by atomic mass is 10.2. The van der Waals surface area contributed by atoms with Gasteiger partial charge >= 0.3 is 5.69 Å². The number of aromatic amines is 1. The first-order valence-electron chi connectivity index (χ1n) is 5.81. The zero-order valence-corrected chi connectivity index (χ0v) is 10.9. The van der Waals surface area contributed by atoms with E-state index in [1.54, 1.807) is 30.3 Å². The second-order valence-corrected chi connectivity index (χ2v) is 4.66. The van der Waals surface area contributed by atoms with Crippen molar-refractivity contribution in [2.75, 3.05) is 0 Å². The Hall–Kier alpha value is -2.53. The van der Waals surface area contributed by atoms with E-state index in [2.05, 4.69) is 4.98 Å². The molecule has 0 spiro atoms. The van der Waals surface area contributed by atoms with Crippen molar-refractivity contribution in [2.24, 2.45) is 0 Å². The van der Waals surface area contributed by atoms with Crippen LogP contribution in [0.1, 0.15) is 0 Å². The van der Waals surface area contributed by atoms with Gasteiger partial charge in [-0.2, -0.15) is 0 Å². The minimum Gasteiger partial charge on any atom is -0.508 e. The fourth-order valence-electron chi connectivity index (χ4n) is 2.07. The molecule has 3 aromatic rings. The molecule has 2 aromatic carbocycles. The monoisotopic (exact) mass is 288 g/mol. The van der Waals surface area contributed by atoms with Gasteiger partial charge in [0.25, 0.3) is 5.56 Å². The number of rotatable bonds is 1. The van der Waals surface area contributed by atoms with Crippen LogP contribution >= 0.6 is 11.6 Å². The van der Waals surface area contributed by atoms with E-state index in [9.17, 15) is 14.7 Å². The Morgan fingerprint density at radius 1 is 1.10 bits per heavy atom. The first-order chi connectivity index (χ1) is 9.58. The minimum atomic E-state index is -0.610. The Morgan fingerprint density at radius 2 is 1.85 bits per heavy atom. The lowest BCUT2D eigenvalue weighted by molar-refractivity contribution is 0.475. The number of benzene rings is 2. The minimum absolute atomic E-state index is 0.0278. The molecule has 0 aliphatic heterocycles. The maximum atomic E-state index is 12.4. The molecule has 0 atom stereocenters. The molecule has 0 bridgehead atoms. The van der Waals surface area contributed by atoms with Crippen LogP contribution in [0.15, 0.2) is 52.1 Å². The highest BCUT2D eigenvalue weighted by atomic mass is 35.5. The summed E-state index contributed by atoms with van der Waals surface area (Å²) in [5, 5.41) is 10.1. The summed E-state index contributed by atoms with van der Waals surface area (Å²) < 4.78 is 0.957. The Morgan fingerprint density at radius 3 is 2.60 bits per heavy atom. The number of phenols is 1. The van der Waals surface area contributed by atoms with Gasteiger partial charge in [-0.25, -0.2) is 9.36 Å². The van der Waals surface area contributed by atoms with Crippen LogP contribution in [0.4, 0.5) is 0 Å². The first-order valence-corrected chi connectivity index (χ1v) is 6.19. The summed E-state index contributed by atoms with van der Waals surface area (Å²) in [6.07, 6.45) is 0. The van der Waals surface area contributed by atoms with Crippen LogP contribution in [0.25, 0.3) is 16.6 Å². The molecule has 0 saturated carbocycles. The number of aromatic nitrogens is 2. The van der Waals surface area contributed by atoms with Gasteiger partial charge in [0.2, 0.25) is 0 Å². The van der Waals surface area contributed by atoms with Gasteiger partial charge in [-0.1, -0.05) is 23.7 Å². The van der Waals surface area contributed by atoms with Crippen molar-refractivity contribution < 1.29 is 5.11 Å². The standard InChI is InChI=1S/C14H9ClN2O3/c15-11-6-2-5-10-12(11)16-14(20)17(13(10)19)8-3-1-4-9(18)7-8/h1-7,18H,(H,16,20). The number of aromatic hydroxyl groups is 1. The molecule has 6 heteroatoms. The number of phenolic OH excluding ortho intramolecular Hbond substituents is 1. The van der Waals surface area contributed by atoms with Crippen molar-refractivity contribution in [1.82, 2.24) is 9.55 Å². The average molecular weight is 289 g/mol. The van der Waals surface area contributed by atoms with Crippen LogP contribution < -0.4 is 11.2 Å². The molecule has 0 aliphatic carbocycles. The Balaban J connectivity index is 2.44. The van der Waals surface area contributed by atoms with E-state index < -0.39 is 11.2 Å². The zero-order chi connectivity index (χ0) is 14.3. The summed E-state index contributed by atoms with van der Waals surface area (Å²) in [7, 11) is 0. The normalized spacial score (nSPS) is 10.8. The van der Waals surface area contributed by atoms with Gasteiger partial charge < -0.3 is 10.1 Å². The Bertz CT molecular complexity index is 928. The van der Waals surface area contributed by atoms with Crippen LogP contribution in [0.2, 0.25) is 5.02 Å². The average Bonchev–Trinajstić information content (AvgIpc) is 2.40. The van der Waals surface area contributed by atoms with Crippen LogP contribution in [0.3, 0.4) is 0 Å². The molecule has 3 rings (SSSR count). The van der Waals surface area contributed by atoms with E-state index in [4.69, 9.17) is 11.6 Å². The molecule has 0 radical (unpaired) electrons. The second-order valence-electron chi connectivity index (χ2n) is 4.25. The van der Waals surface area contributed by atoms with Gasteiger partial charge in [0.15, 0.2) is 0 Å². The number of hydrogen-bond acceptors (Lipinski definition) is 3. The van der Waals surface area contributed by atoms with Gasteiger partial charge in [-0.15, -0.1) is 0 Å². The largest absolute Gasteiger partial charge is 0.508 e. The van der Waals surface area contributed by atoms with E-state index in [1.807, 2.05) is 0 Å². The van der Waals surface area contributed by atoms with Crippen molar-refractivity contribution in [2.45, 2.75) is 0 Å². The zero-order valence-electron chi connectivity index (χ0n) is 10.1. The number of para-hydroxylation sites is 1. The number of nitrogens with one attached hydrogen (secondary N) is 1. The molecule has 0 unspecified atom stereocenters. The van der Waals surface area contributed by atoms with E-state index in [0.717, 1.165) is 4.57 Å². The molecule has 2 N–H and O–H groups in total. The van der Waals surface area contributed by atoms with Crippen LogP contribution in [0.5, 0.6) is 5.75 Å². The van der Waals surface area contributed by atoms with E-state index in [0.29, 0.717) is 15.9 Å². The summed E-state index contributed by atoms with van der Waals surface area (Å²) in [6, 6.07) is 10.7. The lowest BCUT2D eigenvalue weighted by Crippen LogP contribution is -2.33. The lowest BCUT2D eigenvalue weighted by Gasteiger charge is -2.07. The van der Waals surface area contributed by atoms with Crippen LogP contribution in [0, 0.1) is 0 Å². The molecule has 5 nitrogen and oxygen atoms in total. The molecule has 0 amide bonds. The highest BCUT2D eigenvalue weighted by Crippen LogP contribution is 2.18. The number of hydrogen-bond donors (Lipinski definition) is 2. The van der Waals surface area contributed by atoms with Crippen molar-refractivity contribution in [3.8, 4) is 11.4 Å². The predicted octanol–water partition coefficient (Wildman–Crippen LogP) is 2.04. The number of H-pyrrole nitrogens is 1. The van der Waals surface area contributed by atoms with Gasteiger partial charge in [0.05, 0.1) is 21.6 Å². The summed E-state index contributed by atoms with van der Waals surface area (Å²) in [5.74, 6) is -0.0278. The second kappa shape index (κ2) is 4.54. The maximum Gasteiger partial charge on any atom is 0.333 e. The van der Waals surface area contributed by atoms with E-state index in [1.165, 1.54) is 12.1 Å². The smallest absolute Gasteiger partial charge is 0.333 e. The van der Waals surface area contributed by atoms with Gasteiger partial charge in [0, 0.05) is 6.07 Å². The highest BCUT2D eigenvalue weighted by Gasteiger charge is 2.11. The van der Waals surface area contributed by atoms with Crippen LogP contribution in [-0.2, 0) is 0 Å². The summed E-state index contributed by atoms with van der Waals surface area (Å²) in [6.45, 7) is 0. The Kier molecular flexibility index (Phi) is 2.84. The molecule has 0 fully saturated rings. The van der Waals surface area contributed by atoms with Gasteiger partial charge in [-0.05, 0) is 24.3 Å². The van der Waals surface area contributed by atoms with E-state index >= 15 is 0 Å². The van der Waals surface area contributed by atoms with Gasteiger partial charge in [0.1, 0.15) is 5.75 Å². The van der Waals surface area contributed by atoms with Crippen LogP contribution in [-0.4, -0.2) is 14.7 Å². The fourth-order valence-corrected chi connectivity index (χ4v) is 2.29. The summed E-state index contributed by atoms with van der Waals surface area (Å²) in [4.78, 5) is 27.1. The molecule has 1 heterocycles. The molecular formula is C14H9ClN2O3. The molecule has 0 saturated heterocycles. The van der Waals surface area contributed by atoms with Crippen molar-refractivity contribution >= 4 is 22.5 Å². The molecule has 20 heavy (non-hydrogen) atoms. The van der Waals surface area contributed by atoms with Gasteiger partial charge in [-0.3, -0.25) is 4.79 Å². The molecule has 100 valence electrons. The summed E-state index contributed by atoms with van der Waals surface area (Å²) in [5.41, 5.74) is -0.503. The quantitative estimate of drug-likeness (QED) is 0.719. The number of halogens is 1. The maximum absolute atomic E-state index is 12.4. The van der Waals surface area contributed by atoms with Crippen molar-refractivity contribution in [3.63, 3.8) is 0 Å².